The minimum absolute atomic E-state index is 0.0171. The quantitative estimate of drug-likeness (QED) is 0.947. The standard InChI is InChI=1S/C17H17FN2O2/c1-11-4-9-14(15(18)10-11)17(22)20(3)13-7-5-12(6-8-13)16(21)19-2/h4-10H,1-3H3,(H,19,21). The maximum atomic E-state index is 13.9. The Labute approximate surface area is 128 Å². The van der Waals surface area contributed by atoms with E-state index in [9.17, 15) is 14.0 Å². The molecule has 0 aliphatic carbocycles. The highest BCUT2D eigenvalue weighted by molar-refractivity contribution is 6.06. The van der Waals surface area contributed by atoms with Gasteiger partial charge in [-0.3, -0.25) is 9.59 Å². The molecule has 114 valence electrons. The van der Waals surface area contributed by atoms with E-state index in [4.69, 9.17) is 0 Å². The first kappa shape index (κ1) is 15.7. The molecule has 0 aliphatic heterocycles. The van der Waals surface area contributed by atoms with Gasteiger partial charge in [0.05, 0.1) is 5.56 Å². The molecule has 0 aliphatic rings. The fourth-order valence-corrected chi connectivity index (χ4v) is 2.07. The van der Waals surface area contributed by atoms with Gasteiger partial charge in [0.25, 0.3) is 11.8 Å². The van der Waals surface area contributed by atoms with E-state index >= 15 is 0 Å². The zero-order chi connectivity index (χ0) is 16.3. The first-order chi connectivity index (χ1) is 10.4. The molecule has 1 N–H and O–H groups in total. The van der Waals surface area contributed by atoms with Crippen LogP contribution in [0.5, 0.6) is 0 Å². The highest BCUT2D eigenvalue weighted by Gasteiger charge is 2.17. The summed E-state index contributed by atoms with van der Waals surface area (Å²) in [6, 6.07) is 11.0. The molecule has 0 unspecified atom stereocenters. The molecule has 0 heterocycles. The van der Waals surface area contributed by atoms with Gasteiger partial charge in [-0.15, -0.1) is 0 Å². The van der Waals surface area contributed by atoms with Crippen LogP contribution in [-0.2, 0) is 0 Å². The molecule has 0 atom stereocenters. The van der Waals surface area contributed by atoms with Crippen molar-refractivity contribution in [3.63, 3.8) is 0 Å². The Balaban J connectivity index is 2.25. The summed E-state index contributed by atoms with van der Waals surface area (Å²) >= 11 is 0. The van der Waals surface area contributed by atoms with Gasteiger partial charge in [0, 0.05) is 25.3 Å². The van der Waals surface area contributed by atoms with Gasteiger partial charge in [0.1, 0.15) is 5.82 Å². The van der Waals surface area contributed by atoms with Crippen LogP contribution in [-0.4, -0.2) is 25.9 Å². The summed E-state index contributed by atoms with van der Waals surface area (Å²) in [5.41, 5.74) is 1.85. The molecule has 0 aromatic heterocycles. The molecule has 4 nitrogen and oxygen atoms in total. The van der Waals surface area contributed by atoms with Crippen LogP contribution in [0.2, 0.25) is 0 Å². The number of nitrogens with zero attached hydrogens (tertiary/aromatic N) is 1. The van der Waals surface area contributed by atoms with E-state index in [-0.39, 0.29) is 11.5 Å². The zero-order valence-corrected chi connectivity index (χ0v) is 12.7. The number of hydrogen-bond donors (Lipinski definition) is 1. The van der Waals surface area contributed by atoms with E-state index in [1.807, 2.05) is 0 Å². The second-order valence-electron chi connectivity index (χ2n) is 4.97. The molecule has 0 bridgehead atoms. The predicted molar refractivity (Wildman–Crippen MR) is 83.7 cm³/mol. The average molecular weight is 300 g/mol. The van der Waals surface area contributed by atoms with E-state index < -0.39 is 11.7 Å². The second kappa shape index (κ2) is 6.39. The van der Waals surface area contributed by atoms with E-state index in [1.165, 1.54) is 17.0 Å². The number of hydrogen-bond acceptors (Lipinski definition) is 2. The Morgan fingerprint density at radius 2 is 1.73 bits per heavy atom. The van der Waals surface area contributed by atoms with Gasteiger partial charge in [-0.25, -0.2) is 4.39 Å². The van der Waals surface area contributed by atoms with Crippen LogP contribution in [0.1, 0.15) is 26.3 Å². The van der Waals surface area contributed by atoms with E-state index in [1.54, 1.807) is 51.4 Å². The summed E-state index contributed by atoms with van der Waals surface area (Å²) in [5, 5.41) is 2.52. The lowest BCUT2D eigenvalue weighted by Gasteiger charge is -2.18. The molecule has 2 rings (SSSR count). The highest BCUT2D eigenvalue weighted by Crippen LogP contribution is 2.18. The lowest BCUT2D eigenvalue weighted by Crippen LogP contribution is -2.27. The second-order valence-corrected chi connectivity index (χ2v) is 4.97. The van der Waals surface area contributed by atoms with Crippen molar-refractivity contribution in [3.8, 4) is 0 Å². The molecule has 2 amide bonds. The topological polar surface area (TPSA) is 49.4 Å². The van der Waals surface area contributed by atoms with Crippen LogP contribution in [0.15, 0.2) is 42.5 Å². The first-order valence-electron chi connectivity index (χ1n) is 6.80. The van der Waals surface area contributed by atoms with Crippen LogP contribution in [0.25, 0.3) is 0 Å². The molecule has 0 spiro atoms. The van der Waals surface area contributed by atoms with Crippen molar-refractivity contribution < 1.29 is 14.0 Å². The third-order valence-electron chi connectivity index (χ3n) is 3.40. The Kier molecular flexibility index (Phi) is 4.56. The number of benzene rings is 2. The molecular weight excluding hydrogens is 283 g/mol. The molecular formula is C17H17FN2O2. The number of carbonyl (C=O) groups is 2. The zero-order valence-electron chi connectivity index (χ0n) is 12.7. The van der Waals surface area contributed by atoms with Crippen LogP contribution in [0, 0.1) is 12.7 Å². The van der Waals surface area contributed by atoms with Crippen molar-refractivity contribution in [3.05, 3.63) is 65.0 Å². The van der Waals surface area contributed by atoms with Gasteiger partial charge < -0.3 is 10.2 Å². The molecule has 22 heavy (non-hydrogen) atoms. The third kappa shape index (κ3) is 3.14. The molecule has 0 fully saturated rings. The van der Waals surface area contributed by atoms with Gasteiger partial charge in [0.2, 0.25) is 0 Å². The van der Waals surface area contributed by atoms with E-state index in [0.717, 1.165) is 5.56 Å². The number of nitrogens with one attached hydrogen (secondary N) is 1. The minimum Gasteiger partial charge on any atom is -0.355 e. The first-order valence-corrected chi connectivity index (χ1v) is 6.80. The van der Waals surface area contributed by atoms with Crippen molar-refractivity contribution >= 4 is 17.5 Å². The number of anilines is 1. The third-order valence-corrected chi connectivity index (χ3v) is 3.40. The number of halogens is 1. The van der Waals surface area contributed by atoms with Crippen molar-refractivity contribution in [2.45, 2.75) is 6.92 Å². The monoisotopic (exact) mass is 300 g/mol. The van der Waals surface area contributed by atoms with Gasteiger partial charge >= 0.3 is 0 Å². The smallest absolute Gasteiger partial charge is 0.260 e. The Bertz CT molecular complexity index is 711. The van der Waals surface area contributed by atoms with Gasteiger partial charge in [-0.05, 0) is 48.9 Å². The summed E-state index contributed by atoms with van der Waals surface area (Å²) < 4.78 is 13.9. The lowest BCUT2D eigenvalue weighted by atomic mass is 10.1. The van der Waals surface area contributed by atoms with E-state index in [0.29, 0.717) is 11.3 Å². The Morgan fingerprint density at radius 3 is 2.27 bits per heavy atom. The van der Waals surface area contributed by atoms with Crippen molar-refractivity contribution in [2.24, 2.45) is 0 Å². The van der Waals surface area contributed by atoms with Gasteiger partial charge in [-0.2, -0.15) is 0 Å². The molecule has 0 saturated carbocycles. The number of aryl methyl sites for hydroxylation is 1. The number of amides is 2. The fraction of sp³-hybridized carbons (Fsp3) is 0.176. The minimum atomic E-state index is -0.543. The van der Waals surface area contributed by atoms with Crippen LogP contribution in [0.3, 0.4) is 0 Å². The fourth-order valence-electron chi connectivity index (χ4n) is 2.07. The summed E-state index contributed by atoms with van der Waals surface area (Å²) in [4.78, 5) is 25.2. The molecule has 0 saturated heterocycles. The Morgan fingerprint density at radius 1 is 1.09 bits per heavy atom. The SMILES string of the molecule is CNC(=O)c1ccc(N(C)C(=O)c2ccc(C)cc2F)cc1. The number of carbonyl (C=O) groups excluding carboxylic acids is 2. The maximum Gasteiger partial charge on any atom is 0.260 e. The van der Waals surface area contributed by atoms with Gasteiger partial charge in [0.15, 0.2) is 0 Å². The highest BCUT2D eigenvalue weighted by atomic mass is 19.1. The molecule has 2 aromatic carbocycles. The Hall–Kier alpha value is -2.69. The van der Waals surface area contributed by atoms with Crippen molar-refractivity contribution in [1.29, 1.82) is 0 Å². The predicted octanol–water partition coefficient (Wildman–Crippen LogP) is 2.77. The summed E-state index contributed by atoms with van der Waals surface area (Å²) in [7, 11) is 3.11. The van der Waals surface area contributed by atoms with Crippen molar-refractivity contribution in [1.82, 2.24) is 5.32 Å². The van der Waals surface area contributed by atoms with Crippen LogP contribution >= 0.6 is 0 Å². The van der Waals surface area contributed by atoms with Gasteiger partial charge in [-0.1, -0.05) is 6.07 Å². The maximum absolute atomic E-state index is 13.9. The summed E-state index contributed by atoms with van der Waals surface area (Å²) in [6.45, 7) is 1.76. The van der Waals surface area contributed by atoms with Crippen molar-refractivity contribution in [2.75, 3.05) is 19.0 Å². The molecule has 2 aromatic rings. The number of rotatable bonds is 3. The summed E-state index contributed by atoms with van der Waals surface area (Å²) in [6.07, 6.45) is 0. The average Bonchev–Trinajstić information content (AvgIpc) is 2.53. The lowest BCUT2D eigenvalue weighted by molar-refractivity contribution is 0.0961. The normalized spacial score (nSPS) is 10.2. The van der Waals surface area contributed by atoms with Crippen LogP contribution < -0.4 is 10.2 Å². The van der Waals surface area contributed by atoms with E-state index in [2.05, 4.69) is 5.32 Å². The largest absolute Gasteiger partial charge is 0.355 e. The summed E-state index contributed by atoms with van der Waals surface area (Å²) in [5.74, 6) is -1.19. The van der Waals surface area contributed by atoms with Crippen LogP contribution in [0.4, 0.5) is 10.1 Å². The molecule has 5 heteroatoms. The molecule has 0 radical (unpaired) electrons.